The van der Waals surface area contributed by atoms with E-state index in [1.54, 1.807) is 6.26 Å². The number of nitrogens with zero attached hydrogens (tertiary/aromatic N) is 1. The van der Waals surface area contributed by atoms with Crippen molar-refractivity contribution in [2.24, 2.45) is 0 Å². The Balaban J connectivity index is 1.69. The maximum Gasteiger partial charge on any atom is 0.169 e. The second-order valence-electron chi connectivity index (χ2n) is 7.02. The van der Waals surface area contributed by atoms with Gasteiger partial charge in [-0.15, -0.1) is 0 Å². The fourth-order valence-electron chi connectivity index (χ4n) is 3.49. The van der Waals surface area contributed by atoms with Crippen LogP contribution in [0.5, 0.6) is 0 Å². The van der Waals surface area contributed by atoms with Crippen LogP contribution in [0.25, 0.3) is 0 Å². The molecule has 3 rings (SSSR count). The van der Waals surface area contributed by atoms with Crippen molar-refractivity contribution >= 4 is 28.9 Å². The molecule has 0 unspecified atom stereocenters. The molecular formula is C21H27ClN2OS. The van der Waals surface area contributed by atoms with Crippen molar-refractivity contribution in [3.05, 3.63) is 59.0 Å². The maximum atomic E-state index is 6.37. The van der Waals surface area contributed by atoms with Gasteiger partial charge in [0.05, 0.1) is 12.8 Å². The Bertz CT molecular complexity index is 681. The predicted molar refractivity (Wildman–Crippen MR) is 111 cm³/mol. The summed E-state index contributed by atoms with van der Waals surface area (Å²) in [5.41, 5.74) is 1.07. The van der Waals surface area contributed by atoms with Crippen LogP contribution in [0.1, 0.15) is 56.3 Å². The number of rotatable bonds is 5. The van der Waals surface area contributed by atoms with Crippen LogP contribution >= 0.6 is 23.8 Å². The zero-order valence-corrected chi connectivity index (χ0v) is 16.7. The van der Waals surface area contributed by atoms with Crippen LogP contribution in [-0.2, 0) is 13.1 Å². The van der Waals surface area contributed by atoms with Gasteiger partial charge in [0.15, 0.2) is 5.11 Å². The summed E-state index contributed by atoms with van der Waals surface area (Å²) in [4.78, 5) is 2.15. The van der Waals surface area contributed by atoms with E-state index in [4.69, 9.17) is 28.2 Å². The van der Waals surface area contributed by atoms with E-state index >= 15 is 0 Å². The number of furan rings is 1. The molecule has 0 amide bonds. The van der Waals surface area contributed by atoms with E-state index in [1.165, 1.54) is 44.9 Å². The Morgan fingerprint density at radius 2 is 1.77 bits per heavy atom. The normalized spacial score (nSPS) is 15.9. The first kappa shape index (κ1) is 19.2. The Morgan fingerprint density at radius 3 is 2.46 bits per heavy atom. The van der Waals surface area contributed by atoms with Crippen molar-refractivity contribution in [2.45, 2.75) is 64.1 Å². The first-order chi connectivity index (χ1) is 12.7. The number of nitrogens with one attached hydrogen (secondary N) is 1. The maximum absolute atomic E-state index is 6.37. The topological polar surface area (TPSA) is 28.4 Å². The smallest absolute Gasteiger partial charge is 0.169 e. The third-order valence-corrected chi connectivity index (χ3v) is 5.71. The number of hydrogen-bond donors (Lipinski definition) is 1. The molecule has 1 heterocycles. The average Bonchev–Trinajstić information content (AvgIpc) is 3.11. The molecule has 0 saturated heterocycles. The summed E-state index contributed by atoms with van der Waals surface area (Å²) < 4.78 is 5.55. The lowest BCUT2D eigenvalue weighted by molar-refractivity contribution is 0.338. The Hall–Kier alpha value is -1.52. The van der Waals surface area contributed by atoms with Crippen molar-refractivity contribution in [1.29, 1.82) is 0 Å². The number of hydrogen-bond acceptors (Lipinski definition) is 2. The molecule has 1 fully saturated rings. The summed E-state index contributed by atoms with van der Waals surface area (Å²) in [6.45, 7) is 1.30. The average molecular weight is 391 g/mol. The van der Waals surface area contributed by atoms with Crippen LogP contribution in [0.2, 0.25) is 5.02 Å². The van der Waals surface area contributed by atoms with Crippen molar-refractivity contribution in [2.75, 3.05) is 0 Å². The minimum Gasteiger partial charge on any atom is -0.467 e. The molecule has 1 aliphatic carbocycles. The molecule has 2 aromatic rings. The van der Waals surface area contributed by atoms with Crippen LogP contribution < -0.4 is 5.32 Å². The molecule has 26 heavy (non-hydrogen) atoms. The Kier molecular flexibility index (Phi) is 7.39. The number of benzene rings is 1. The Labute approximate surface area is 166 Å². The van der Waals surface area contributed by atoms with Gasteiger partial charge in [-0.25, -0.2) is 0 Å². The second-order valence-corrected chi connectivity index (χ2v) is 7.81. The summed E-state index contributed by atoms with van der Waals surface area (Å²) in [6, 6.07) is 12.3. The molecule has 140 valence electrons. The largest absolute Gasteiger partial charge is 0.467 e. The molecule has 3 nitrogen and oxygen atoms in total. The summed E-state index contributed by atoms with van der Waals surface area (Å²) in [6.07, 6.45) is 10.7. The van der Waals surface area contributed by atoms with Crippen molar-refractivity contribution in [3.63, 3.8) is 0 Å². The number of halogens is 1. The Morgan fingerprint density at radius 1 is 1.04 bits per heavy atom. The summed E-state index contributed by atoms with van der Waals surface area (Å²) in [7, 11) is 0. The summed E-state index contributed by atoms with van der Waals surface area (Å²) >= 11 is 12.2. The fourth-order valence-corrected chi connectivity index (χ4v) is 3.98. The first-order valence-electron chi connectivity index (χ1n) is 9.53. The third kappa shape index (κ3) is 5.75. The molecule has 5 heteroatoms. The monoisotopic (exact) mass is 390 g/mol. The molecule has 0 bridgehead atoms. The summed E-state index contributed by atoms with van der Waals surface area (Å²) in [5.74, 6) is 0.902. The molecule has 1 N–H and O–H groups in total. The van der Waals surface area contributed by atoms with Crippen LogP contribution in [0, 0.1) is 0 Å². The molecule has 1 aromatic carbocycles. The molecule has 0 spiro atoms. The zero-order chi connectivity index (χ0) is 18.2. The van der Waals surface area contributed by atoms with Gasteiger partial charge in [-0.05, 0) is 48.8 Å². The third-order valence-electron chi connectivity index (χ3n) is 4.97. The highest BCUT2D eigenvalue weighted by molar-refractivity contribution is 7.80. The molecular weight excluding hydrogens is 364 g/mol. The van der Waals surface area contributed by atoms with Gasteiger partial charge < -0.3 is 14.6 Å². The highest BCUT2D eigenvalue weighted by Gasteiger charge is 2.18. The fraction of sp³-hybridized carbons (Fsp3) is 0.476. The molecule has 0 atom stereocenters. The molecule has 1 aromatic heterocycles. The van der Waals surface area contributed by atoms with E-state index < -0.39 is 0 Å². The van der Waals surface area contributed by atoms with E-state index in [-0.39, 0.29) is 0 Å². The van der Waals surface area contributed by atoms with Crippen molar-refractivity contribution in [1.82, 2.24) is 10.2 Å². The van der Waals surface area contributed by atoms with Crippen LogP contribution in [0.15, 0.2) is 47.1 Å². The molecule has 0 aliphatic heterocycles. The molecule has 0 radical (unpaired) electrons. The van der Waals surface area contributed by atoms with Gasteiger partial charge in [0.1, 0.15) is 5.76 Å². The van der Waals surface area contributed by atoms with E-state index in [9.17, 15) is 0 Å². The van der Waals surface area contributed by atoms with Crippen molar-refractivity contribution in [3.8, 4) is 0 Å². The van der Waals surface area contributed by atoms with Gasteiger partial charge in [0.25, 0.3) is 0 Å². The number of thiocarbonyl (C=S) groups is 1. The van der Waals surface area contributed by atoms with Gasteiger partial charge in [-0.2, -0.15) is 0 Å². The predicted octanol–water partition coefficient (Wildman–Crippen LogP) is 5.92. The van der Waals surface area contributed by atoms with Crippen LogP contribution in [-0.4, -0.2) is 16.1 Å². The minimum absolute atomic E-state index is 0.466. The van der Waals surface area contributed by atoms with Gasteiger partial charge in [0.2, 0.25) is 0 Å². The lowest BCUT2D eigenvalue weighted by Crippen LogP contribution is -2.44. The highest BCUT2D eigenvalue weighted by Crippen LogP contribution is 2.20. The zero-order valence-electron chi connectivity index (χ0n) is 15.1. The lowest BCUT2D eigenvalue weighted by Gasteiger charge is -2.30. The highest BCUT2D eigenvalue weighted by atomic mass is 35.5. The van der Waals surface area contributed by atoms with Gasteiger partial charge >= 0.3 is 0 Å². The molecule has 1 saturated carbocycles. The lowest BCUT2D eigenvalue weighted by atomic mass is 9.97. The quantitative estimate of drug-likeness (QED) is 0.641. The van der Waals surface area contributed by atoms with E-state index in [2.05, 4.69) is 16.3 Å². The minimum atomic E-state index is 0.466. The first-order valence-corrected chi connectivity index (χ1v) is 10.3. The molecule has 1 aliphatic rings. The van der Waals surface area contributed by atoms with Gasteiger partial charge in [0, 0.05) is 17.6 Å². The summed E-state index contributed by atoms with van der Waals surface area (Å²) in [5, 5.41) is 5.16. The standard InChI is InChI=1S/C21H27ClN2OS/c22-20-13-7-6-9-17(20)15-24(16-19-12-8-14-25-19)21(26)23-18-10-4-2-1-3-5-11-18/h6-9,12-14,18H,1-5,10-11,15-16H2,(H,23,26). The van der Waals surface area contributed by atoms with Crippen LogP contribution in [0.3, 0.4) is 0 Å². The van der Waals surface area contributed by atoms with Crippen LogP contribution in [0.4, 0.5) is 0 Å². The van der Waals surface area contributed by atoms with Gasteiger partial charge in [-0.3, -0.25) is 0 Å². The van der Waals surface area contributed by atoms with E-state index in [0.29, 0.717) is 19.1 Å². The van der Waals surface area contributed by atoms with E-state index in [0.717, 1.165) is 21.5 Å². The van der Waals surface area contributed by atoms with E-state index in [1.807, 2.05) is 30.3 Å². The SMILES string of the molecule is S=C(NC1CCCCCCC1)N(Cc1ccco1)Cc1ccccc1Cl. The van der Waals surface area contributed by atoms with Gasteiger partial charge in [-0.1, -0.05) is 61.9 Å². The van der Waals surface area contributed by atoms with Crippen molar-refractivity contribution < 1.29 is 4.42 Å². The second kappa shape index (κ2) is 9.98.